The van der Waals surface area contributed by atoms with Crippen molar-refractivity contribution in [3.8, 4) is 10.4 Å². The number of dihydropyridines is 1. The molecule has 2 fully saturated rings. The van der Waals surface area contributed by atoms with E-state index < -0.39 is 6.23 Å². The second-order valence-electron chi connectivity index (χ2n) is 8.71. The van der Waals surface area contributed by atoms with Crippen molar-refractivity contribution in [2.45, 2.75) is 30.8 Å². The lowest BCUT2D eigenvalue weighted by molar-refractivity contribution is -0.0654. The second kappa shape index (κ2) is 7.15. The van der Waals surface area contributed by atoms with E-state index in [1.54, 1.807) is 17.5 Å². The van der Waals surface area contributed by atoms with Crippen LogP contribution in [0, 0.1) is 0 Å². The molecule has 2 aromatic rings. The third-order valence-corrected chi connectivity index (χ3v) is 8.00. The number of nitrogens with zero attached hydrogens (tertiary/aromatic N) is 2. The number of thiophene rings is 1. The van der Waals surface area contributed by atoms with E-state index in [9.17, 15) is 10.2 Å². The predicted octanol–water partition coefficient (Wildman–Crippen LogP) is 3.26. The summed E-state index contributed by atoms with van der Waals surface area (Å²) in [5, 5.41) is 28.3. The number of aliphatic hydroxyl groups excluding tert-OH is 2. The van der Waals surface area contributed by atoms with Crippen LogP contribution in [0.4, 0.5) is 0 Å². The lowest BCUT2D eigenvalue weighted by Gasteiger charge is -2.46. The molecule has 4 N–H and O–H groups in total. The van der Waals surface area contributed by atoms with Gasteiger partial charge in [-0.25, -0.2) is 0 Å². The van der Waals surface area contributed by atoms with Crippen molar-refractivity contribution in [3.63, 3.8) is 0 Å². The van der Waals surface area contributed by atoms with Gasteiger partial charge in [-0.2, -0.15) is 0 Å². The van der Waals surface area contributed by atoms with Crippen LogP contribution in [0.1, 0.15) is 23.9 Å². The molecule has 3 aliphatic heterocycles. The van der Waals surface area contributed by atoms with Crippen LogP contribution in [-0.2, 0) is 0 Å². The number of aliphatic hydroxyl groups is 2. The highest BCUT2D eigenvalue weighted by Gasteiger charge is 2.54. The van der Waals surface area contributed by atoms with Gasteiger partial charge in [-0.15, -0.1) is 11.3 Å². The first-order valence-corrected chi connectivity index (χ1v) is 11.6. The Morgan fingerprint density at radius 2 is 1.90 bits per heavy atom. The van der Waals surface area contributed by atoms with Crippen molar-refractivity contribution in [2.75, 3.05) is 19.6 Å². The van der Waals surface area contributed by atoms with Crippen LogP contribution in [0.5, 0.6) is 0 Å². The van der Waals surface area contributed by atoms with E-state index in [2.05, 4.69) is 44.7 Å². The molecular formula is C24H26N4O2S. The highest BCUT2D eigenvalue weighted by molar-refractivity contribution is 7.15. The van der Waals surface area contributed by atoms with Crippen LogP contribution in [0.15, 0.2) is 78.0 Å². The van der Waals surface area contributed by atoms with Crippen molar-refractivity contribution in [3.05, 3.63) is 82.8 Å². The molecule has 6 rings (SSSR count). The fraction of sp³-hybridized carbons (Fsp3) is 0.333. The van der Waals surface area contributed by atoms with Crippen molar-refractivity contribution in [2.24, 2.45) is 0 Å². The molecule has 2 unspecified atom stereocenters. The Morgan fingerprint density at radius 1 is 1.06 bits per heavy atom. The first-order valence-electron chi connectivity index (χ1n) is 10.8. The third kappa shape index (κ3) is 3.15. The van der Waals surface area contributed by atoms with Crippen LogP contribution in [0.25, 0.3) is 10.4 Å². The summed E-state index contributed by atoms with van der Waals surface area (Å²) in [4.78, 5) is 6.75. The SMILES string of the molecule is OC1=CNC2NC=CC2=C1N1CCN(C(O)c2ccc(-c3ccccc3)s2)C2(CC2)C1. The maximum absolute atomic E-state index is 11.3. The smallest absolute Gasteiger partial charge is 0.155 e. The zero-order chi connectivity index (χ0) is 21.0. The van der Waals surface area contributed by atoms with Crippen molar-refractivity contribution in [1.29, 1.82) is 0 Å². The number of rotatable bonds is 4. The van der Waals surface area contributed by atoms with E-state index in [0.717, 1.165) is 48.6 Å². The van der Waals surface area contributed by atoms with Gasteiger partial charge in [0.15, 0.2) is 5.76 Å². The molecule has 0 amide bonds. The van der Waals surface area contributed by atoms with Gasteiger partial charge in [0.05, 0.1) is 5.70 Å². The monoisotopic (exact) mass is 434 g/mol. The van der Waals surface area contributed by atoms with Crippen LogP contribution in [-0.4, -0.2) is 51.4 Å². The van der Waals surface area contributed by atoms with Gasteiger partial charge in [0, 0.05) is 46.7 Å². The maximum Gasteiger partial charge on any atom is 0.155 e. The quantitative estimate of drug-likeness (QED) is 0.592. The Labute approximate surface area is 185 Å². The lowest BCUT2D eigenvalue weighted by atomic mass is 10.0. The molecule has 7 heteroatoms. The molecule has 4 aliphatic rings. The number of hydrogen-bond donors (Lipinski definition) is 4. The Hall–Kier alpha value is -2.74. The van der Waals surface area contributed by atoms with Gasteiger partial charge in [-0.3, -0.25) is 4.90 Å². The Morgan fingerprint density at radius 3 is 2.71 bits per heavy atom. The molecule has 1 aromatic carbocycles. The fourth-order valence-electron chi connectivity index (χ4n) is 5.05. The topological polar surface area (TPSA) is 71.0 Å². The minimum Gasteiger partial charge on any atom is -0.504 e. The summed E-state index contributed by atoms with van der Waals surface area (Å²) in [6.07, 6.45) is 7.21. The van der Waals surface area contributed by atoms with Crippen molar-refractivity contribution < 1.29 is 10.2 Å². The zero-order valence-corrected chi connectivity index (χ0v) is 18.0. The number of hydrogen-bond acceptors (Lipinski definition) is 7. The largest absolute Gasteiger partial charge is 0.504 e. The first-order chi connectivity index (χ1) is 15.1. The third-order valence-electron chi connectivity index (χ3n) is 6.82. The summed E-state index contributed by atoms with van der Waals surface area (Å²) in [6.45, 7) is 2.35. The van der Waals surface area contributed by atoms with Gasteiger partial charge in [0.1, 0.15) is 12.4 Å². The van der Waals surface area contributed by atoms with Gasteiger partial charge in [0.2, 0.25) is 0 Å². The predicted molar refractivity (Wildman–Crippen MR) is 122 cm³/mol. The van der Waals surface area contributed by atoms with E-state index in [0.29, 0.717) is 0 Å². The molecule has 31 heavy (non-hydrogen) atoms. The van der Waals surface area contributed by atoms with E-state index in [1.165, 1.54) is 10.4 Å². The minimum absolute atomic E-state index is 0.0206. The molecular weight excluding hydrogens is 408 g/mol. The average molecular weight is 435 g/mol. The van der Waals surface area contributed by atoms with Gasteiger partial charge < -0.3 is 25.7 Å². The summed E-state index contributed by atoms with van der Waals surface area (Å²) in [5.74, 6) is 0.287. The maximum atomic E-state index is 11.3. The molecule has 1 aliphatic carbocycles. The van der Waals surface area contributed by atoms with E-state index >= 15 is 0 Å². The van der Waals surface area contributed by atoms with Crippen LogP contribution in [0.2, 0.25) is 0 Å². The van der Waals surface area contributed by atoms with E-state index in [4.69, 9.17) is 0 Å². The summed E-state index contributed by atoms with van der Waals surface area (Å²) in [5.41, 5.74) is 3.15. The molecule has 1 saturated heterocycles. The Kier molecular flexibility index (Phi) is 4.38. The average Bonchev–Trinajstić information content (AvgIpc) is 3.20. The normalized spacial score (nSPS) is 25.1. The molecule has 1 saturated carbocycles. The number of nitrogens with one attached hydrogen (secondary N) is 2. The highest BCUT2D eigenvalue weighted by Crippen LogP contribution is 2.49. The standard InChI is InChI=1S/C24H26N4O2S/c29-18-14-26-22-17(8-11-25-22)21(18)27-12-13-28(24(15-27)9-10-24)23(30)20-7-6-19(31-20)16-4-2-1-3-5-16/h1-8,11,14,22-23,25-26,29-30H,9-10,12-13,15H2. The summed E-state index contributed by atoms with van der Waals surface area (Å²) < 4.78 is 0. The van der Waals surface area contributed by atoms with Gasteiger partial charge in [0.25, 0.3) is 0 Å². The molecule has 160 valence electrons. The van der Waals surface area contributed by atoms with Gasteiger partial charge in [-0.05, 0) is 42.8 Å². The number of benzene rings is 1. The molecule has 1 spiro atoms. The lowest BCUT2D eigenvalue weighted by Crippen LogP contribution is -2.56. The van der Waals surface area contributed by atoms with Gasteiger partial charge in [-0.1, -0.05) is 30.3 Å². The van der Waals surface area contributed by atoms with E-state index in [-0.39, 0.29) is 17.5 Å². The fourth-order valence-corrected chi connectivity index (χ4v) is 6.07. The Bertz CT molecular complexity index is 1090. The van der Waals surface area contributed by atoms with Crippen LogP contribution in [0.3, 0.4) is 0 Å². The molecule has 6 nitrogen and oxygen atoms in total. The summed E-state index contributed by atoms with van der Waals surface area (Å²) in [6, 6.07) is 14.5. The molecule has 4 heterocycles. The summed E-state index contributed by atoms with van der Waals surface area (Å²) >= 11 is 1.67. The zero-order valence-electron chi connectivity index (χ0n) is 17.2. The number of piperazine rings is 1. The van der Waals surface area contributed by atoms with Crippen LogP contribution >= 0.6 is 11.3 Å². The van der Waals surface area contributed by atoms with Crippen molar-refractivity contribution >= 4 is 11.3 Å². The first kappa shape index (κ1) is 19.0. The van der Waals surface area contributed by atoms with Crippen molar-refractivity contribution in [1.82, 2.24) is 20.4 Å². The molecule has 1 aromatic heterocycles. The van der Waals surface area contributed by atoms with Crippen LogP contribution < -0.4 is 10.6 Å². The Balaban J connectivity index is 1.23. The molecule has 2 atom stereocenters. The number of fused-ring (bicyclic) bond motifs is 1. The van der Waals surface area contributed by atoms with Gasteiger partial charge >= 0.3 is 0 Å². The second-order valence-corrected chi connectivity index (χ2v) is 9.83. The van der Waals surface area contributed by atoms with E-state index in [1.807, 2.05) is 30.5 Å². The highest BCUT2D eigenvalue weighted by atomic mass is 32.1. The molecule has 0 bridgehead atoms. The molecule has 0 radical (unpaired) electrons. The summed E-state index contributed by atoms with van der Waals surface area (Å²) in [7, 11) is 0. The minimum atomic E-state index is -0.595.